The molecular weight excluding hydrogens is 160 g/mol. The monoisotopic (exact) mass is 176 g/mol. The lowest BCUT2D eigenvalue weighted by molar-refractivity contribution is 0.185. The van der Waals surface area contributed by atoms with Crippen molar-refractivity contribution in [1.29, 1.82) is 0 Å². The Balaban J connectivity index is 2.04. The van der Waals surface area contributed by atoms with Crippen LogP contribution >= 0.6 is 0 Å². The maximum absolute atomic E-state index is 5.07. The van der Waals surface area contributed by atoms with Gasteiger partial charge in [-0.1, -0.05) is 30.7 Å². The molecule has 1 aliphatic rings. The lowest BCUT2D eigenvalue weighted by atomic mass is 9.80. The number of ether oxygens (including phenoxy) is 1. The van der Waals surface area contributed by atoms with Gasteiger partial charge in [0.1, 0.15) is 0 Å². The summed E-state index contributed by atoms with van der Waals surface area (Å²) in [6.07, 6.45) is 4.16. The topological polar surface area (TPSA) is 9.23 Å². The van der Waals surface area contributed by atoms with Gasteiger partial charge in [0, 0.05) is 7.11 Å². The highest BCUT2D eigenvalue weighted by molar-refractivity contribution is 5.26. The van der Waals surface area contributed by atoms with E-state index in [-0.39, 0.29) is 0 Å². The van der Waals surface area contributed by atoms with Gasteiger partial charge in [-0.05, 0) is 29.9 Å². The first-order chi connectivity index (χ1) is 6.40. The van der Waals surface area contributed by atoms with E-state index in [1.807, 2.05) is 0 Å². The molecule has 1 aliphatic carbocycles. The van der Waals surface area contributed by atoms with Gasteiger partial charge in [0.2, 0.25) is 0 Å². The van der Waals surface area contributed by atoms with E-state index in [2.05, 4.69) is 24.3 Å². The Kier molecular flexibility index (Phi) is 2.65. The smallest absolute Gasteiger partial charge is 0.0713 e. The first-order valence-electron chi connectivity index (χ1n) is 4.98. The maximum Gasteiger partial charge on any atom is 0.0713 e. The van der Waals surface area contributed by atoms with Crippen LogP contribution in [-0.2, 0) is 11.3 Å². The second-order valence-corrected chi connectivity index (χ2v) is 3.80. The standard InChI is InChI=1S/C12H16O/c1-13-9-10-5-7-12(8-6-10)11-3-2-4-11/h5-8,11H,2-4,9H2,1H3. The van der Waals surface area contributed by atoms with Crippen molar-refractivity contribution in [2.24, 2.45) is 0 Å². The van der Waals surface area contributed by atoms with Crippen molar-refractivity contribution in [1.82, 2.24) is 0 Å². The molecule has 1 aromatic rings. The Morgan fingerprint density at radius 1 is 1.23 bits per heavy atom. The minimum Gasteiger partial charge on any atom is -0.380 e. The van der Waals surface area contributed by atoms with E-state index in [0.717, 1.165) is 12.5 Å². The van der Waals surface area contributed by atoms with Crippen LogP contribution in [0.25, 0.3) is 0 Å². The maximum atomic E-state index is 5.07. The molecule has 1 aromatic carbocycles. The van der Waals surface area contributed by atoms with Crippen LogP contribution in [0.5, 0.6) is 0 Å². The molecule has 0 saturated heterocycles. The molecule has 0 amide bonds. The van der Waals surface area contributed by atoms with Crippen molar-refractivity contribution in [2.45, 2.75) is 31.8 Å². The van der Waals surface area contributed by atoms with Gasteiger partial charge >= 0.3 is 0 Å². The van der Waals surface area contributed by atoms with E-state index < -0.39 is 0 Å². The Hall–Kier alpha value is -0.820. The van der Waals surface area contributed by atoms with Crippen molar-refractivity contribution in [3.05, 3.63) is 35.4 Å². The molecule has 1 saturated carbocycles. The van der Waals surface area contributed by atoms with Crippen LogP contribution in [0.1, 0.15) is 36.3 Å². The van der Waals surface area contributed by atoms with Crippen LogP contribution in [-0.4, -0.2) is 7.11 Å². The summed E-state index contributed by atoms with van der Waals surface area (Å²) in [7, 11) is 1.74. The zero-order valence-corrected chi connectivity index (χ0v) is 8.12. The predicted molar refractivity (Wildman–Crippen MR) is 53.7 cm³/mol. The third-order valence-electron chi connectivity index (χ3n) is 2.87. The van der Waals surface area contributed by atoms with Crippen molar-refractivity contribution in [3.8, 4) is 0 Å². The SMILES string of the molecule is COCc1ccc(C2CCC2)cc1. The summed E-state index contributed by atoms with van der Waals surface area (Å²) in [6.45, 7) is 0.727. The molecule has 0 spiro atoms. The Bertz CT molecular complexity index is 259. The average molecular weight is 176 g/mol. The van der Waals surface area contributed by atoms with Crippen molar-refractivity contribution in [2.75, 3.05) is 7.11 Å². The van der Waals surface area contributed by atoms with Crippen molar-refractivity contribution < 1.29 is 4.74 Å². The van der Waals surface area contributed by atoms with Crippen LogP contribution in [0.15, 0.2) is 24.3 Å². The van der Waals surface area contributed by atoms with Gasteiger partial charge in [-0.2, -0.15) is 0 Å². The molecule has 0 heterocycles. The van der Waals surface area contributed by atoms with Gasteiger partial charge < -0.3 is 4.74 Å². The molecule has 0 radical (unpaired) electrons. The van der Waals surface area contributed by atoms with E-state index in [1.54, 1.807) is 7.11 Å². The molecule has 1 nitrogen and oxygen atoms in total. The zero-order chi connectivity index (χ0) is 9.10. The molecular formula is C12H16O. The third-order valence-corrected chi connectivity index (χ3v) is 2.87. The number of rotatable bonds is 3. The fraction of sp³-hybridized carbons (Fsp3) is 0.500. The summed E-state index contributed by atoms with van der Waals surface area (Å²) >= 11 is 0. The number of hydrogen-bond acceptors (Lipinski definition) is 1. The molecule has 1 heteroatoms. The molecule has 0 atom stereocenters. The van der Waals surface area contributed by atoms with Gasteiger partial charge in [-0.3, -0.25) is 0 Å². The van der Waals surface area contributed by atoms with E-state index >= 15 is 0 Å². The highest BCUT2D eigenvalue weighted by Gasteiger charge is 2.18. The Morgan fingerprint density at radius 2 is 1.92 bits per heavy atom. The number of benzene rings is 1. The van der Waals surface area contributed by atoms with Gasteiger partial charge in [-0.15, -0.1) is 0 Å². The summed E-state index contributed by atoms with van der Waals surface area (Å²) in [4.78, 5) is 0. The molecule has 0 unspecified atom stereocenters. The van der Waals surface area contributed by atoms with E-state index in [0.29, 0.717) is 0 Å². The van der Waals surface area contributed by atoms with Crippen molar-refractivity contribution in [3.63, 3.8) is 0 Å². The lowest BCUT2D eigenvalue weighted by Crippen LogP contribution is -2.08. The molecule has 0 aromatic heterocycles. The quantitative estimate of drug-likeness (QED) is 0.687. The fourth-order valence-corrected chi connectivity index (χ4v) is 1.79. The van der Waals surface area contributed by atoms with Crippen LogP contribution in [0.4, 0.5) is 0 Å². The third kappa shape index (κ3) is 1.92. The second-order valence-electron chi connectivity index (χ2n) is 3.80. The minimum absolute atomic E-state index is 0.727. The molecule has 13 heavy (non-hydrogen) atoms. The predicted octanol–water partition coefficient (Wildman–Crippen LogP) is 3.10. The van der Waals surface area contributed by atoms with Crippen molar-refractivity contribution >= 4 is 0 Å². The Morgan fingerprint density at radius 3 is 2.38 bits per heavy atom. The van der Waals surface area contributed by atoms with Crippen LogP contribution < -0.4 is 0 Å². The number of hydrogen-bond donors (Lipinski definition) is 0. The van der Waals surface area contributed by atoms with Gasteiger partial charge in [0.15, 0.2) is 0 Å². The molecule has 1 fully saturated rings. The van der Waals surface area contributed by atoms with Crippen LogP contribution in [0, 0.1) is 0 Å². The largest absolute Gasteiger partial charge is 0.380 e. The number of methoxy groups -OCH3 is 1. The zero-order valence-electron chi connectivity index (χ0n) is 8.12. The molecule has 0 bridgehead atoms. The summed E-state index contributed by atoms with van der Waals surface area (Å²) in [5.74, 6) is 0.844. The highest BCUT2D eigenvalue weighted by Crippen LogP contribution is 2.36. The van der Waals surface area contributed by atoms with Crippen LogP contribution in [0.2, 0.25) is 0 Å². The van der Waals surface area contributed by atoms with Crippen LogP contribution in [0.3, 0.4) is 0 Å². The molecule has 2 rings (SSSR count). The lowest BCUT2D eigenvalue weighted by Gasteiger charge is -2.25. The first kappa shape index (κ1) is 8.76. The Labute approximate surface area is 79.7 Å². The second kappa shape index (κ2) is 3.93. The van der Waals surface area contributed by atoms with Gasteiger partial charge in [0.25, 0.3) is 0 Å². The van der Waals surface area contributed by atoms with Gasteiger partial charge in [0.05, 0.1) is 6.61 Å². The average Bonchev–Trinajstić information content (AvgIpc) is 2.06. The van der Waals surface area contributed by atoms with Gasteiger partial charge in [-0.25, -0.2) is 0 Å². The van der Waals surface area contributed by atoms with E-state index in [4.69, 9.17) is 4.74 Å². The summed E-state index contributed by atoms with van der Waals surface area (Å²) in [5.41, 5.74) is 2.77. The molecule has 0 N–H and O–H groups in total. The minimum atomic E-state index is 0.727. The first-order valence-corrected chi connectivity index (χ1v) is 4.98. The highest BCUT2D eigenvalue weighted by atomic mass is 16.5. The summed E-state index contributed by atoms with van der Waals surface area (Å²) in [6, 6.07) is 8.85. The normalized spacial score (nSPS) is 17.0. The molecule has 0 aliphatic heterocycles. The molecule has 70 valence electrons. The van der Waals surface area contributed by atoms with E-state index in [1.165, 1.54) is 30.4 Å². The van der Waals surface area contributed by atoms with E-state index in [9.17, 15) is 0 Å². The summed E-state index contributed by atoms with van der Waals surface area (Å²) in [5, 5.41) is 0. The summed E-state index contributed by atoms with van der Waals surface area (Å²) < 4.78 is 5.07. The fourth-order valence-electron chi connectivity index (χ4n) is 1.79.